The number of aromatic nitrogens is 1. The smallest absolute Gasteiger partial charge is 0.416 e. The summed E-state index contributed by atoms with van der Waals surface area (Å²) in [7, 11) is 3.02. The van der Waals surface area contributed by atoms with E-state index in [1.165, 1.54) is 20.3 Å². The number of alkyl halides is 3. The first-order chi connectivity index (χ1) is 12.9. The lowest BCUT2D eigenvalue weighted by molar-refractivity contribution is -0.137. The molecule has 0 bridgehead atoms. The third-order valence-corrected chi connectivity index (χ3v) is 4.88. The first-order valence-electron chi connectivity index (χ1n) is 7.67. The van der Waals surface area contributed by atoms with Gasteiger partial charge in [-0.3, -0.25) is 0 Å². The molecule has 0 aliphatic heterocycles. The Morgan fingerprint density at radius 3 is 2.56 bits per heavy atom. The zero-order valence-corrected chi connectivity index (χ0v) is 15.1. The van der Waals surface area contributed by atoms with Crippen LogP contribution in [-0.2, 0) is 6.18 Å². The molecule has 0 N–H and O–H groups in total. The number of fused-ring (bicyclic) bond motifs is 1. The fourth-order valence-electron chi connectivity index (χ4n) is 2.45. The highest BCUT2D eigenvalue weighted by molar-refractivity contribution is 7.19. The largest absolute Gasteiger partial charge is 0.497 e. The summed E-state index contributed by atoms with van der Waals surface area (Å²) in [6.45, 7) is 0. The predicted octanol–water partition coefficient (Wildman–Crippen LogP) is 5.40. The molecule has 0 saturated heterocycles. The van der Waals surface area contributed by atoms with Crippen LogP contribution in [-0.4, -0.2) is 19.2 Å². The molecule has 0 amide bonds. The van der Waals surface area contributed by atoms with Crippen LogP contribution >= 0.6 is 11.3 Å². The topological polar surface area (TPSA) is 55.1 Å². The van der Waals surface area contributed by atoms with Gasteiger partial charge in [-0.2, -0.15) is 18.4 Å². The second-order valence-electron chi connectivity index (χ2n) is 5.48. The van der Waals surface area contributed by atoms with Gasteiger partial charge in [0.2, 0.25) is 0 Å². The Morgan fingerprint density at radius 1 is 1.15 bits per heavy atom. The molecule has 3 aromatic rings. The normalized spacial score (nSPS) is 12.1. The van der Waals surface area contributed by atoms with Crippen LogP contribution in [0.15, 0.2) is 36.4 Å². The van der Waals surface area contributed by atoms with E-state index in [-0.39, 0.29) is 11.1 Å². The van der Waals surface area contributed by atoms with Gasteiger partial charge in [0.05, 0.1) is 35.6 Å². The molecule has 0 spiro atoms. The Bertz CT molecular complexity index is 1060. The number of hydrogen-bond acceptors (Lipinski definition) is 5. The summed E-state index contributed by atoms with van der Waals surface area (Å²) in [5.74, 6) is 1.10. The maximum Gasteiger partial charge on any atom is 0.416 e. The van der Waals surface area contributed by atoms with Crippen LogP contribution in [0.25, 0.3) is 21.9 Å². The van der Waals surface area contributed by atoms with E-state index < -0.39 is 11.7 Å². The zero-order chi connectivity index (χ0) is 19.6. The second-order valence-corrected chi connectivity index (χ2v) is 6.51. The maximum absolute atomic E-state index is 12.9. The maximum atomic E-state index is 12.9. The van der Waals surface area contributed by atoms with Gasteiger partial charge < -0.3 is 9.47 Å². The molecule has 1 aromatic heterocycles. The lowest BCUT2D eigenvalue weighted by Gasteiger charge is -2.07. The molecule has 0 unspecified atom stereocenters. The SMILES string of the molecule is COc1ccc(/C=C(\C#N)c2nc3cc(C(F)(F)F)ccc3s2)c(OC)c1. The number of nitrogens with zero attached hydrogens (tertiary/aromatic N) is 2. The van der Waals surface area contributed by atoms with Crippen molar-refractivity contribution in [1.82, 2.24) is 4.98 Å². The third-order valence-electron chi connectivity index (χ3n) is 3.81. The first kappa shape index (κ1) is 18.7. The zero-order valence-electron chi connectivity index (χ0n) is 14.3. The molecule has 0 radical (unpaired) electrons. The molecule has 0 saturated carbocycles. The van der Waals surface area contributed by atoms with Crippen molar-refractivity contribution in [3.63, 3.8) is 0 Å². The van der Waals surface area contributed by atoms with E-state index in [2.05, 4.69) is 11.1 Å². The number of allylic oxidation sites excluding steroid dienone is 1. The van der Waals surface area contributed by atoms with Gasteiger partial charge in [0.1, 0.15) is 22.6 Å². The number of benzene rings is 2. The molecule has 27 heavy (non-hydrogen) atoms. The van der Waals surface area contributed by atoms with Gasteiger partial charge in [0.15, 0.2) is 0 Å². The van der Waals surface area contributed by atoms with Gasteiger partial charge in [-0.15, -0.1) is 11.3 Å². The van der Waals surface area contributed by atoms with E-state index in [1.807, 2.05) is 0 Å². The van der Waals surface area contributed by atoms with Crippen LogP contribution in [0, 0.1) is 11.3 Å². The standard InChI is InChI=1S/C19H13F3N2O2S/c1-25-14-5-3-11(16(9-14)26-2)7-12(10-23)18-24-15-8-13(19(20,21)22)4-6-17(15)27-18/h3-9H,1-2H3/b12-7+. The van der Waals surface area contributed by atoms with Crippen LogP contribution in [0.5, 0.6) is 11.5 Å². The molecule has 1 heterocycles. The average Bonchev–Trinajstić information content (AvgIpc) is 3.08. The van der Waals surface area contributed by atoms with Gasteiger partial charge in [-0.25, -0.2) is 4.98 Å². The van der Waals surface area contributed by atoms with Crippen molar-refractivity contribution in [3.8, 4) is 17.6 Å². The number of nitriles is 1. The number of rotatable bonds is 4. The monoisotopic (exact) mass is 390 g/mol. The van der Waals surface area contributed by atoms with Crippen LogP contribution in [0.4, 0.5) is 13.2 Å². The Morgan fingerprint density at radius 2 is 1.93 bits per heavy atom. The fraction of sp³-hybridized carbons (Fsp3) is 0.158. The van der Waals surface area contributed by atoms with Crippen molar-refractivity contribution in [2.45, 2.75) is 6.18 Å². The molecular formula is C19H13F3N2O2S. The molecule has 3 rings (SSSR count). The number of halogens is 3. The van der Waals surface area contributed by atoms with Gasteiger partial charge in [-0.05, 0) is 36.4 Å². The number of thiazole rings is 1. The molecule has 8 heteroatoms. The minimum absolute atomic E-state index is 0.202. The highest BCUT2D eigenvalue weighted by Crippen LogP contribution is 2.35. The highest BCUT2D eigenvalue weighted by atomic mass is 32.1. The van der Waals surface area contributed by atoms with Crippen molar-refractivity contribution in [2.24, 2.45) is 0 Å². The summed E-state index contributed by atoms with van der Waals surface area (Å²) in [6, 6.07) is 10.5. The van der Waals surface area contributed by atoms with Gasteiger partial charge in [0, 0.05) is 11.6 Å². The predicted molar refractivity (Wildman–Crippen MR) is 97.7 cm³/mol. The van der Waals surface area contributed by atoms with Crippen LogP contribution in [0.3, 0.4) is 0 Å². The van der Waals surface area contributed by atoms with Crippen molar-refractivity contribution in [1.29, 1.82) is 5.26 Å². The molecule has 2 aromatic carbocycles. The summed E-state index contributed by atoms with van der Waals surface area (Å²) in [5, 5.41) is 9.85. The Labute approximate surface area is 157 Å². The Hall–Kier alpha value is -3.05. The van der Waals surface area contributed by atoms with Crippen molar-refractivity contribution < 1.29 is 22.6 Å². The molecule has 0 atom stereocenters. The lowest BCUT2D eigenvalue weighted by atomic mass is 10.1. The highest BCUT2D eigenvalue weighted by Gasteiger charge is 2.30. The molecule has 0 aliphatic carbocycles. The summed E-state index contributed by atoms with van der Waals surface area (Å²) in [4.78, 5) is 4.21. The van der Waals surface area contributed by atoms with Gasteiger partial charge in [-0.1, -0.05) is 0 Å². The Kier molecular flexibility index (Phi) is 5.06. The summed E-state index contributed by atoms with van der Waals surface area (Å²) >= 11 is 1.15. The molecule has 138 valence electrons. The average molecular weight is 390 g/mol. The molecule has 0 aliphatic rings. The summed E-state index contributed by atoms with van der Waals surface area (Å²) in [6.07, 6.45) is -2.86. The second kappa shape index (κ2) is 7.29. The number of methoxy groups -OCH3 is 2. The van der Waals surface area contributed by atoms with E-state index in [1.54, 1.807) is 24.3 Å². The van der Waals surface area contributed by atoms with E-state index in [9.17, 15) is 18.4 Å². The van der Waals surface area contributed by atoms with Crippen molar-refractivity contribution in [3.05, 3.63) is 52.5 Å². The van der Waals surface area contributed by atoms with Crippen molar-refractivity contribution >= 4 is 33.2 Å². The van der Waals surface area contributed by atoms with Crippen molar-refractivity contribution in [2.75, 3.05) is 14.2 Å². The van der Waals surface area contributed by atoms with Crippen LogP contribution in [0.1, 0.15) is 16.1 Å². The molecule has 4 nitrogen and oxygen atoms in total. The van der Waals surface area contributed by atoms with Crippen LogP contribution in [0.2, 0.25) is 0 Å². The minimum atomic E-state index is -4.44. The van der Waals surface area contributed by atoms with E-state index in [4.69, 9.17) is 9.47 Å². The fourth-order valence-corrected chi connectivity index (χ4v) is 3.37. The quantitative estimate of drug-likeness (QED) is 0.560. The van der Waals surface area contributed by atoms with Crippen LogP contribution < -0.4 is 9.47 Å². The van der Waals surface area contributed by atoms with Gasteiger partial charge >= 0.3 is 6.18 Å². The molecule has 0 fully saturated rings. The van der Waals surface area contributed by atoms with E-state index in [0.717, 1.165) is 23.5 Å². The lowest BCUT2D eigenvalue weighted by Crippen LogP contribution is -2.03. The van der Waals surface area contributed by atoms with E-state index >= 15 is 0 Å². The summed E-state index contributed by atoms with van der Waals surface area (Å²) < 4.78 is 49.6. The van der Waals surface area contributed by atoms with Gasteiger partial charge in [0.25, 0.3) is 0 Å². The van der Waals surface area contributed by atoms with E-state index in [0.29, 0.717) is 26.8 Å². The summed E-state index contributed by atoms with van der Waals surface area (Å²) in [5.41, 5.74) is 0.289. The number of ether oxygens (including phenoxy) is 2. The molecular weight excluding hydrogens is 377 g/mol. The minimum Gasteiger partial charge on any atom is -0.497 e. The number of hydrogen-bond donors (Lipinski definition) is 0. The third kappa shape index (κ3) is 3.88. The first-order valence-corrected chi connectivity index (χ1v) is 8.49. The Balaban J connectivity index is 2.06.